The molecule has 4 aromatic rings. The van der Waals surface area contributed by atoms with E-state index in [-0.39, 0.29) is 22.9 Å². The van der Waals surface area contributed by atoms with E-state index in [4.69, 9.17) is 4.74 Å². The highest BCUT2D eigenvalue weighted by Crippen LogP contribution is 2.12. The van der Waals surface area contributed by atoms with E-state index in [2.05, 4.69) is 15.5 Å². The minimum atomic E-state index is -0.374. The maximum Gasteiger partial charge on any atom is 0.300 e. The lowest BCUT2D eigenvalue weighted by Gasteiger charge is -2.07. The van der Waals surface area contributed by atoms with Crippen molar-refractivity contribution in [3.63, 3.8) is 0 Å². The molecule has 9 heteroatoms. The van der Waals surface area contributed by atoms with Crippen LogP contribution in [-0.4, -0.2) is 32.2 Å². The average Bonchev–Trinajstić information content (AvgIpc) is 3.23. The van der Waals surface area contributed by atoms with Crippen molar-refractivity contribution in [2.24, 2.45) is 0 Å². The third-order valence-corrected chi connectivity index (χ3v) is 5.10. The number of methoxy groups -OCH3 is 1. The molecular formula is C23H22FN5O3. The van der Waals surface area contributed by atoms with Gasteiger partial charge < -0.3 is 10.1 Å². The van der Waals surface area contributed by atoms with Crippen molar-refractivity contribution in [3.05, 3.63) is 88.5 Å². The fourth-order valence-corrected chi connectivity index (χ4v) is 3.35. The summed E-state index contributed by atoms with van der Waals surface area (Å²) in [5.41, 5.74) is 1.35. The molecule has 0 spiro atoms. The van der Waals surface area contributed by atoms with Gasteiger partial charge in [0.15, 0.2) is 0 Å². The monoisotopic (exact) mass is 435 g/mol. The van der Waals surface area contributed by atoms with E-state index in [0.29, 0.717) is 37.3 Å². The Morgan fingerprint density at radius 3 is 2.53 bits per heavy atom. The number of benzene rings is 2. The zero-order valence-electron chi connectivity index (χ0n) is 17.5. The van der Waals surface area contributed by atoms with E-state index < -0.39 is 0 Å². The Kier molecular flexibility index (Phi) is 6.25. The number of carbonyl (C=O) groups is 1. The highest BCUT2D eigenvalue weighted by atomic mass is 19.1. The molecular weight excluding hydrogens is 413 g/mol. The topological polar surface area (TPSA) is 90.5 Å². The Morgan fingerprint density at radius 1 is 1.06 bits per heavy atom. The number of carbonyl (C=O) groups excluding carboxylic acids is 1. The largest absolute Gasteiger partial charge is 0.497 e. The maximum atomic E-state index is 13.2. The third-order valence-electron chi connectivity index (χ3n) is 5.10. The highest BCUT2D eigenvalue weighted by molar-refractivity contribution is 5.75. The van der Waals surface area contributed by atoms with Crippen LogP contribution >= 0.6 is 0 Å². The summed E-state index contributed by atoms with van der Waals surface area (Å²) in [4.78, 5) is 24.9. The molecule has 0 fully saturated rings. The second kappa shape index (κ2) is 9.42. The van der Waals surface area contributed by atoms with Gasteiger partial charge in [-0.3, -0.25) is 18.6 Å². The molecule has 0 atom stereocenters. The van der Waals surface area contributed by atoms with E-state index in [1.165, 1.54) is 28.8 Å². The van der Waals surface area contributed by atoms with Gasteiger partial charge in [-0.25, -0.2) is 4.39 Å². The van der Waals surface area contributed by atoms with Gasteiger partial charge in [0.25, 0.3) is 0 Å². The van der Waals surface area contributed by atoms with Crippen LogP contribution in [0.15, 0.2) is 65.7 Å². The molecule has 4 rings (SSSR count). The number of hydrogen-bond acceptors (Lipinski definition) is 5. The van der Waals surface area contributed by atoms with E-state index in [1.54, 1.807) is 23.9 Å². The summed E-state index contributed by atoms with van der Waals surface area (Å²) in [6, 6.07) is 13.1. The molecule has 2 aromatic carbocycles. The molecule has 0 saturated heterocycles. The van der Waals surface area contributed by atoms with Crippen LogP contribution in [0.5, 0.6) is 5.75 Å². The smallest absolute Gasteiger partial charge is 0.300 e. The van der Waals surface area contributed by atoms with Crippen LogP contribution in [0, 0.1) is 5.82 Å². The lowest BCUT2D eigenvalue weighted by atomic mass is 10.2. The van der Waals surface area contributed by atoms with Gasteiger partial charge in [-0.05, 0) is 48.4 Å². The molecule has 0 aliphatic heterocycles. The minimum absolute atomic E-state index is 0.0618. The number of amides is 1. The lowest BCUT2D eigenvalue weighted by Crippen LogP contribution is -2.22. The van der Waals surface area contributed by atoms with E-state index in [9.17, 15) is 14.0 Å². The van der Waals surface area contributed by atoms with Gasteiger partial charge in [0.2, 0.25) is 11.6 Å². The molecule has 0 aliphatic carbocycles. The van der Waals surface area contributed by atoms with Gasteiger partial charge in [0.05, 0.1) is 7.11 Å². The molecule has 0 unspecified atom stereocenters. The van der Waals surface area contributed by atoms with Crippen molar-refractivity contribution < 1.29 is 13.9 Å². The van der Waals surface area contributed by atoms with E-state index in [0.717, 1.165) is 11.3 Å². The molecule has 2 aromatic heterocycles. The normalized spacial score (nSPS) is 10.9. The molecule has 0 aliphatic rings. The second-order valence-corrected chi connectivity index (χ2v) is 7.24. The number of nitrogens with zero attached hydrogens (tertiary/aromatic N) is 4. The zero-order valence-corrected chi connectivity index (χ0v) is 17.5. The van der Waals surface area contributed by atoms with Gasteiger partial charge in [0.1, 0.15) is 17.4 Å². The molecule has 32 heavy (non-hydrogen) atoms. The first-order valence-corrected chi connectivity index (χ1v) is 10.2. The van der Waals surface area contributed by atoms with Crippen LogP contribution in [0.2, 0.25) is 0 Å². The zero-order chi connectivity index (χ0) is 22.5. The van der Waals surface area contributed by atoms with Crippen LogP contribution in [0.1, 0.15) is 24.2 Å². The van der Waals surface area contributed by atoms with E-state index >= 15 is 0 Å². The van der Waals surface area contributed by atoms with Crippen LogP contribution < -0.4 is 15.6 Å². The number of halogens is 1. The Hall–Kier alpha value is -4.01. The van der Waals surface area contributed by atoms with Crippen LogP contribution in [0.25, 0.3) is 11.3 Å². The van der Waals surface area contributed by atoms with Gasteiger partial charge in [-0.2, -0.15) is 0 Å². The molecule has 0 saturated carbocycles. The van der Waals surface area contributed by atoms with Gasteiger partial charge in [-0.15, -0.1) is 10.2 Å². The number of hydrogen-bond donors (Lipinski definition) is 1. The maximum absolute atomic E-state index is 13.2. The number of nitrogens with one attached hydrogen (secondary N) is 1. The first-order valence-electron chi connectivity index (χ1n) is 10.2. The van der Waals surface area contributed by atoms with Crippen molar-refractivity contribution >= 4 is 11.6 Å². The summed E-state index contributed by atoms with van der Waals surface area (Å²) in [6.45, 7) is 0.444. The Balaban J connectivity index is 1.35. The molecule has 164 valence electrons. The summed E-state index contributed by atoms with van der Waals surface area (Å²) in [6.07, 6.45) is 4.68. The lowest BCUT2D eigenvalue weighted by molar-refractivity contribution is -0.121. The number of aromatic nitrogens is 4. The SMILES string of the molecule is COc1ccc(CNC(=O)CCCc2nnc3c(=O)n(-c4ccc(F)cc4)ccn23)cc1. The Bertz CT molecular complexity index is 1280. The molecule has 1 amide bonds. The first-order chi connectivity index (χ1) is 15.5. The van der Waals surface area contributed by atoms with Crippen LogP contribution in [0.3, 0.4) is 0 Å². The number of rotatable bonds is 8. The van der Waals surface area contributed by atoms with Crippen molar-refractivity contribution in [1.29, 1.82) is 0 Å². The number of fused-ring (bicyclic) bond motifs is 1. The summed E-state index contributed by atoms with van der Waals surface area (Å²) in [5, 5.41) is 11.0. The van der Waals surface area contributed by atoms with Crippen molar-refractivity contribution in [2.75, 3.05) is 7.11 Å². The molecule has 0 bridgehead atoms. The Labute approximate surface area is 183 Å². The number of ether oxygens (including phenoxy) is 1. The van der Waals surface area contributed by atoms with Crippen molar-refractivity contribution in [1.82, 2.24) is 24.5 Å². The van der Waals surface area contributed by atoms with Crippen molar-refractivity contribution in [2.45, 2.75) is 25.8 Å². The summed E-state index contributed by atoms with van der Waals surface area (Å²) < 4.78 is 21.3. The van der Waals surface area contributed by atoms with Gasteiger partial charge >= 0.3 is 5.56 Å². The molecule has 0 radical (unpaired) electrons. The summed E-state index contributed by atoms with van der Waals surface area (Å²) in [5.74, 6) is 0.935. The molecule has 2 heterocycles. The highest BCUT2D eigenvalue weighted by Gasteiger charge is 2.12. The standard InChI is InChI=1S/C23H22FN5O3/c1-32-19-11-5-16(6-12-19)15-25-21(30)4-2-3-20-26-27-22-23(31)28(13-14-29(20)22)18-9-7-17(24)8-10-18/h5-14H,2-4,15H2,1H3,(H,25,30). The van der Waals surface area contributed by atoms with Crippen LogP contribution in [-0.2, 0) is 17.8 Å². The molecule has 8 nitrogen and oxygen atoms in total. The average molecular weight is 435 g/mol. The quantitative estimate of drug-likeness (QED) is 0.460. The second-order valence-electron chi connectivity index (χ2n) is 7.24. The van der Waals surface area contributed by atoms with Crippen LogP contribution in [0.4, 0.5) is 4.39 Å². The minimum Gasteiger partial charge on any atom is -0.497 e. The summed E-state index contributed by atoms with van der Waals surface area (Å²) >= 11 is 0. The Morgan fingerprint density at radius 2 is 1.81 bits per heavy atom. The fraction of sp³-hybridized carbons (Fsp3) is 0.217. The van der Waals surface area contributed by atoms with Gasteiger partial charge in [0, 0.05) is 37.5 Å². The summed E-state index contributed by atoms with van der Waals surface area (Å²) in [7, 11) is 1.61. The predicted octanol–water partition coefficient (Wildman–Crippen LogP) is 2.67. The predicted molar refractivity (Wildman–Crippen MR) is 116 cm³/mol. The third kappa shape index (κ3) is 4.66. The molecule has 1 N–H and O–H groups in total. The fourth-order valence-electron chi connectivity index (χ4n) is 3.35. The number of aryl methyl sites for hydroxylation is 1. The van der Waals surface area contributed by atoms with Crippen molar-refractivity contribution in [3.8, 4) is 11.4 Å². The first kappa shape index (κ1) is 21.2. The van der Waals surface area contributed by atoms with Gasteiger partial charge in [-0.1, -0.05) is 12.1 Å². The van der Waals surface area contributed by atoms with E-state index in [1.807, 2.05) is 24.3 Å².